The van der Waals surface area contributed by atoms with Crippen LogP contribution in [0.25, 0.3) is 10.8 Å². The Bertz CT molecular complexity index is 598. The third-order valence-corrected chi connectivity index (χ3v) is 2.89. The number of rotatable bonds is 1. The van der Waals surface area contributed by atoms with E-state index in [1.54, 1.807) is 6.07 Å². The standard InChI is InChI=1S/C11H7BrFNO2/c12-8-2-6-4-10(14)7(11(15)16)1-5(6)3-9(8)13/h1-4H,14H2,(H,15,16). The molecule has 2 rings (SSSR count). The maximum absolute atomic E-state index is 13.3. The highest BCUT2D eigenvalue weighted by Crippen LogP contribution is 2.27. The van der Waals surface area contributed by atoms with Gasteiger partial charge in [0, 0.05) is 5.69 Å². The lowest BCUT2D eigenvalue weighted by atomic mass is 10.1. The van der Waals surface area contributed by atoms with E-state index >= 15 is 0 Å². The van der Waals surface area contributed by atoms with Gasteiger partial charge in [-0.1, -0.05) is 0 Å². The number of nitrogens with two attached hydrogens (primary N) is 1. The lowest BCUT2D eigenvalue weighted by Gasteiger charge is -2.05. The summed E-state index contributed by atoms with van der Waals surface area (Å²) in [6, 6.07) is 5.71. The molecule has 0 aliphatic carbocycles. The van der Waals surface area contributed by atoms with Crippen molar-refractivity contribution in [1.29, 1.82) is 0 Å². The minimum atomic E-state index is -1.12. The first kappa shape index (κ1) is 10.9. The zero-order valence-electron chi connectivity index (χ0n) is 8.00. The number of carbonyl (C=O) groups is 1. The Balaban J connectivity index is 2.79. The molecule has 3 nitrogen and oxygen atoms in total. The van der Waals surface area contributed by atoms with E-state index in [0.717, 1.165) is 0 Å². The molecule has 0 spiro atoms. The first-order chi connectivity index (χ1) is 7.49. The van der Waals surface area contributed by atoms with E-state index in [1.807, 2.05) is 0 Å². The number of carboxylic acid groups (broad SMARTS) is 1. The zero-order valence-corrected chi connectivity index (χ0v) is 9.58. The molecule has 0 aromatic heterocycles. The third-order valence-electron chi connectivity index (χ3n) is 2.28. The summed E-state index contributed by atoms with van der Waals surface area (Å²) >= 11 is 3.06. The van der Waals surface area contributed by atoms with Crippen LogP contribution in [0, 0.1) is 5.82 Å². The molecule has 0 amide bonds. The second-order valence-corrected chi connectivity index (χ2v) is 4.21. The number of halogens is 2. The molecule has 0 radical (unpaired) electrons. The van der Waals surface area contributed by atoms with Crippen LogP contribution in [0.4, 0.5) is 10.1 Å². The van der Waals surface area contributed by atoms with Gasteiger partial charge in [-0.3, -0.25) is 0 Å². The summed E-state index contributed by atoms with van der Waals surface area (Å²) in [5.74, 6) is -1.56. The van der Waals surface area contributed by atoms with E-state index in [9.17, 15) is 9.18 Å². The molecule has 5 heteroatoms. The van der Waals surface area contributed by atoms with Crippen molar-refractivity contribution in [2.24, 2.45) is 0 Å². The number of anilines is 1. The highest BCUT2D eigenvalue weighted by atomic mass is 79.9. The van der Waals surface area contributed by atoms with Gasteiger partial charge in [0.2, 0.25) is 0 Å². The molecule has 16 heavy (non-hydrogen) atoms. The van der Waals surface area contributed by atoms with Gasteiger partial charge in [-0.15, -0.1) is 0 Å². The van der Waals surface area contributed by atoms with Crippen molar-refractivity contribution in [1.82, 2.24) is 0 Å². The van der Waals surface area contributed by atoms with Crippen molar-refractivity contribution >= 4 is 38.4 Å². The fraction of sp³-hybridized carbons (Fsp3) is 0. The number of carboxylic acids is 1. The van der Waals surface area contributed by atoms with Gasteiger partial charge in [0.1, 0.15) is 5.82 Å². The van der Waals surface area contributed by atoms with Gasteiger partial charge >= 0.3 is 5.97 Å². The van der Waals surface area contributed by atoms with Crippen LogP contribution in [0.1, 0.15) is 10.4 Å². The third kappa shape index (κ3) is 1.74. The Morgan fingerprint density at radius 1 is 1.25 bits per heavy atom. The van der Waals surface area contributed by atoms with Gasteiger partial charge in [0.25, 0.3) is 0 Å². The second kappa shape index (κ2) is 3.75. The molecular formula is C11H7BrFNO2. The zero-order chi connectivity index (χ0) is 11.9. The van der Waals surface area contributed by atoms with Crippen LogP contribution in [0.2, 0.25) is 0 Å². The largest absolute Gasteiger partial charge is 0.478 e. The lowest BCUT2D eigenvalue weighted by molar-refractivity contribution is 0.0698. The van der Waals surface area contributed by atoms with Gasteiger partial charge < -0.3 is 10.8 Å². The number of hydrogen-bond donors (Lipinski definition) is 2. The van der Waals surface area contributed by atoms with Crippen molar-refractivity contribution in [3.05, 3.63) is 40.1 Å². The molecule has 0 atom stereocenters. The topological polar surface area (TPSA) is 63.3 Å². The molecule has 0 bridgehead atoms. The van der Waals surface area contributed by atoms with Gasteiger partial charge in [-0.2, -0.15) is 0 Å². The van der Waals surface area contributed by atoms with Crippen LogP contribution in [0.15, 0.2) is 28.7 Å². The van der Waals surface area contributed by atoms with E-state index < -0.39 is 11.8 Å². The molecule has 0 saturated heterocycles. The van der Waals surface area contributed by atoms with Gasteiger partial charge in [0.05, 0.1) is 10.0 Å². The summed E-state index contributed by atoms with van der Waals surface area (Å²) in [6.45, 7) is 0. The Morgan fingerprint density at radius 3 is 2.50 bits per heavy atom. The fourth-order valence-electron chi connectivity index (χ4n) is 1.50. The van der Waals surface area contributed by atoms with Gasteiger partial charge in [-0.25, -0.2) is 9.18 Å². The maximum Gasteiger partial charge on any atom is 0.337 e. The predicted molar refractivity (Wildman–Crippen MR) is 63.0 cm³/mol. The van der Waals surface area contributed by atoms with Crippen LogP contribution < -0.4 is 5.73 Å². The number of fused-ring (bicyclic) bond motifs is 1. The van der Waals surface area contributed by atoms with Crippen molar-refractivity contribution in [3.63, 3.8) is 0 Å². The second-order valence-electron chi connectivity index (χ2n) is 3.36. The normalized spacial score (nSPS) is 10.6. The summed E-state index contributed by atoms with van der Waals surface area (Å²) in [5, 5.41) is 10.1. The molecule has 0 aliphatic heterocycles. The summed E-state index contributed by atoms with van der Waals surface area (Å²) in [7, 11) is 0. The molecule has 0 unspecified atom stereocenters. The highest BCUT2D eigenvalue weighted by Gasteiger charge is 2.10. The number of hydrogen-bond acceptors (Lipinski definition) is 2. The van der Waals surface area contributed by atoms with Crippen LogP contribution in [-0.4, -0.2) is 11.1 Å². The Labute approximate surface area is 98.8 Å². The number of benzene rings is 2. The molecule has 3 N–H and O–H groups in total. The summed E-state index contributed by atoms with van der Waals surface area (Å²) in [4.78, 5) is 10.8. The fourth-order valence-corrected chi connectivity index (χ4v) is 1.86. The average Bonchev–Trinajstić information content (AvgIpc) is 2.19. The minimum Gasteiger partial charge on any atom is -0.478 e. The quantitative estimate of drug-likeness (QED) is 0.791. The number of aromatic carboxylic acids is 1. The molecular weight excluding hydrogens is 277 g/mol. The van der Waals surface area contributed by atoms with Gasteiger partial charge in [0.15, 0.2) is 0 Å². The molecule has 82 valence electrons. The van der Waals surface area contributed by atoms with Gasteiger partial charge in [-0.05, 0) is 51.0 Å². The van der Waals surface area contributed by atoms with Crippen molar-refractivity contribution in [2.45, 2.75) is 0 Å². The summed E-state index contributed by atoms with van der Waals surface area (Å²) < 4.78 is 13.6. The van der Waals surface area contributed by atoms with Crippen molar-refractivity contribution in [2.75, 3.05) is 5.73 Å². The molecule has 0 heterocycles. The predicted octanol–water partition coefficient (Wildman–Crippen LogP) is 3.02. The molecule has 2 aromatic carbocycles. The van der Waals surface area contributed by atoms with Crippen LogP contribution >= 0.6 is 15.9 Å². The molecule has 0 fully saturated rings. The van der Waals surface area contributed by atoms with E-state index in [2.05, 4.69) is 15.9 Å². The van der Waals surface area contributed by atoms with E-state index in [4.69, 9.17) is 10.8 Å². The van der Waals surface area contributed by atoms with Crippen LogP contribution in [0.5, 0.6) is 0 Å². The van der Waals surface area contributed by atoms with E-state index in [1.165, 1.54) is 18.2 Å². The van der Waals surface area contributed by atoms with Crippen molar-refractivity contribution < 1.29 is 14.3 Å². The first-order valence-corrected chi connectivity index (χ1v) is 5.20. The first-order valence-electron chi connectivity index (χ1n) is 4.40. The summed E-state index contributed by atoms with van der Waals surface area (Å²) in [5.41, 5.74) is 5.73. The molecule has 2 aromatic rings. The average molecular weight is 284 g/mol. The highest BCUT2D eigenvalue weighted by molar-refractivity contribution is 9.10. The molecule has 0 aliphatic rings. The lowest BCUT2D eigenvalue weighted by Crippen LogP contribution is -2.02. The Kier molecular flexibility index (Phi) is 2.55. The SMILES string of the molecule is Nc1cc2cc(Br)c(F)cc2cc1C(=O)O. The van der Waals surface area contributed by atoms with Crippen molar-refractivity contribution in [3.8, 4) is 0 Å². The van der Waals surface area contributed by atoms with E-state index in [-0.39, 0.29) is 11.3 Å². The van der Waals surface area contributed by atoms with Crippen LogP contribution in [-0.2, 0) is 0 Å². The maximum atomic E-state index is 13.3. The summed E-state index contributed by atoms with van der Waals surface area (Å²) in [6.07, 6.45) is 0. The number of nitrogen functional groups attached to an aromatic ring is 1. The molecule has 0 saturated carbocycles. The Hall–Kier alpha value is -1.62. The monoisotopic (exact) mass is 283 g/mol. The Morgan fingerprint density at radius 2 is 1.88 bits per heavy atom. The van der Waals surface area contributed by atoms with Crippen LogP contribution in [0.3, 0.4) is 0 Å². The smallest absolute Gasteiger partial charge is 0.337 e. The van der Waals surface area contributed by atoms with E-state index in [0.29, 0.717) is 15.2 Å². The minimum absolute atomic E-state index is 0.0192.